The Morgan fingerprint density at radius 2 is 1.80 bits per heavy atom. The summed E-state index contributed by atoms with van der Waals surface area (Å²) in [6.45, 7) is 1.89. The van der Waals surface area contributed by atoms with Crippen LogP contribution < -0.4 is 14.8 Å². The summed E-state index contributed by atoms with van der Waals surface area (Å²) in [6, 6.07) is 16.1. The first-order valence-corrected chi connectivity index (χ1v) is 8.95. The van der Waals surface area contributed by atoms with Crippen LogP contribution in [-0.4, -0.2) is 37.3 Å². The fourth-order valence-corrected chi connectivity index (χ4v) is 3.60. The van der Waals surface area contributed by atoms with Crippen LogP contribution in [-0.2, 0) is 0 Å². The Bertz CT molecular complexity index is 727. The van der Waals surface area contributed by atoms with E-state index >= 15 is 0 Å². The molecule has 1 heterocycles. The molecule has 0 saturated carbocycles. The summed E-state index contributed by atoms with van der Waals surface area (Å²) < 4.78 is 10.8. The number of methoxy groups -OCH3 is 2. The number of hydrogen-bond acceptors (Lipinski definition) is 3. The zero-order chi connectivity index (χ0) is 17.6. The van der Waals surface area contributed by atoms with Crippen molar-refractivity contribution < 1.29 is 9.47 Å². The Kier molecular flexibility index (Phi) is 5.76. The zero-order valence-corrected chi connectivity index (χ0v) is 15.5. The predicted molar refractivity (Wildman–Crippen MR) is 106 cm³/mol. The van der Waals surface area contributed by atoms with E-state index in [0.717, 1.165) is 48.2 Å². The zero-order valence-electron chi connectivity index (χ0n) is 14.7. The van der Waals surface area contributed by atoms with E-state index in [4.69, 9.17) is 21.7 Å². The van der Waals surface area contributed by atoms with Crippen LogP contribution >= 0.6 is 12.2 Å². The van der Waals surface area contributed by atoms with Gasteiger partial charge in [0.15, 0.2) is 5.11 Å². The molecular weight excluding hydrogens is 332 g/mol. The molecule has 1 aliphatic rings. The SMILES string of the molecule is COc1cccc(NC(=S)N2CCC(c3ccccc3OC)CC2)c1. The molecule has 5 heteroatoms. The first-order chi connectivity index (χ1) is 12.2. The van der Waals surface area contributed by atoms with Crippen LogP contribution in [0.1, 0.15) is 24.3 Å². The number of rotatable bonds is 4. The summed E-state index contributed by atoms with van der Waals surface area (Å²) in [7, 11) is 3.40. The van der Waals surface area contributed by atoms with Crippen molar-refractivity contribution in [3.8, 4) is 11.5 Å². The highest BCUT2D eigenvalue weighted by Gasteiger charge is 2.24. The molecule has 0 aromatic heterocycles. The lowest BCUT2D eigenvalue weighted by Gasteiger charge is -2.34. The average molecular weight is 356 g/mol. The molecule has 1 aliphatic heterocycles. The topological polar surface area (TPSA) is 33.7 Å². The quantitative estimate of drug-likeness (QED) is 0.827. The van der Waals surface area contributed by atoms with Crippen molar-refractivity contribution in [1.29, 1.82) is 0 Å². The van der Waals surface area contributed by atoms with Crippen LogP contribution in [0.5, 0.6) is 11.5 Å². The van der Waals surface area contributed by atoms with Gasteiger partial charge in [-0.1, -0.05) is 24.3 Å². The first kappa shape index (κ1) is 17.5. The molecule has 25 heavy (non-hydrogen) atoms. The van der Waals surface area contributed by atoms with Crippen molar-refractivity contribution in [2.75, 3.05) is 32.6 Å². The maximum absolute atomic E-state index is 5.59. The van der Waals surface area contributed by atoms with E-state index in [2.05, 4.69) is 22.3 Å². The predicted octanol–water partition coefficient (Wildman–Crippen LogP) is 4.28. The fourth-order valence-electron chi connectivity index (χ4n) is 3.30. The number of nitrogens with one attached hydrogen (secondary N) is 1. The minimum Gasteiger partial charge on any atom is -0.497 e. The number of ether oxygens (including phenoxy) is 2. The molecule has 0 atom stereocenters. The van der Waals surface area contributed by atoms with Crippen LogP contribution in [0.4, 0.5) is 5.69 Å². The number of benzene rings is 2. The summed E-state index contributed by atoms with van der Waals surface area (Å²) in [5, 5.41) is 4.09. The highest BCUT2D eigenvalue weighted by molar-refractivity contribution is 7.80. The minimum atomic E-state index is 0.520. The summed E-state index contributed by atoms with van der Waals surface area (Å²) >= 11 is 5.59. The van der Waals surface area contributed by atoms with E-state index < -0.39 is 0 Å². The van der Waals surface area contributed by atoms with Crippen LogP contribution in [0.3, 0.4) is 0 Å². The van der Waals surface area contributed by atoms with Crippen molar-refractivity contribution in [3.63, 3.8) is 0 Å². The highest BCUT2D eigenvalue weighted by Crippen LogP contribution is 2.34. The van der Waals surface area contributed by atoms with Gasteiger partial charge in [-0.25, -0.2) is 0 Å². The van der Waals surface area contributed by atoms with Crippen molar-refractivity contribution in [3.05, 3.63) is 54.1 Å². The maximum atomic E-state index is 5.59. The second-order valence-corrected chi connectivity index (χ2v) is 6.55. The lowest BCUT2D eigenvalue weighted by atomic mass is 9.89. The molecule has 0 spiro atoms. The summed E-state index contributed by atoms with van der Waals surface area (Å²) in [4.78, 5) is 2.24. The van der Waals surface area contributed by atoms with Crippen molar-refractivity contribution in [2.24, 2.45) is 0 Å². The molecule has 3 rings (SSSR count). The van der Waals surface area contributed by atoms with Gasteiger partial charge in [0, 0.05) is 24.8 Å². The van der Waals surface area contributed by atoms with E-state index in [9.17, 15) is 0 Å². The Hall–Kier alpha value is -2.27. The molecule has 132 valence electrons. The molecule has 0 amide bonds. The molecule has 2 aromatic carbocycles. The molecule has 0 radical (unpaired) electrons. The summed E-state index contributed by atoms with van der Waals surface area (Å²) in [5.41, 5.74) is 2.26. The Morgan fingerprint density at radius 3 is 2.52 bits per heavy atom. The lowest BCUT2D eigenvalue weighted by molar-refractivity contribution is 0.310. The summed E-state index contributed by atoms with van der Waals surface area (Å²) in [5.74, 6) is 2.33. The molecule has 0 aliphatic carbocycles. The van der Waals surface area contributed by atoms with E-state index in [1.54, 1.807) is 14.2 Å². The second-order valence-electron chi connectivity index (χ2n) is 6.17. The maximum Gasteiger partial charge on any atom is 0.173 e. The van der Waals surface area contributed by atoms with Crippen LogP contribution in [0.15, 0.2) is 48.5 Å². The molecular formula is C20H24N2O2S. The van der Waals surface area contributed by atoms with Crippen LogP contribution in [0.25, 0.3) is 0 Å². The molecule has 4 nitrogen and oxygen atoms in total. The van der Waals surface area contributed by atoms with Gasteiger partial charge in [0.25, 0.3) is 0 Å². The van der Waals surface area contributed by atoms with Crippen molar-refractivity contribution in [1.82, 2.24) is 4.90 Å². The van der Waals surface area contributed by atoms with E-state index in [1.165, 1.54) is 5.56 Å². The third-order valence-electron chi connectivity index (χ3n) is 4.68. The van der Waals surface area contributed by atoms with E-state index in [-0.39, 0.29) is 0 Å². The number of thiocarbonyl (C=S) groups is 1. The molecule has 0 unspecified atom stereocenters. The smallest absolute Gasteiger partial charge is 0.173 e. The van der Waals surface area contributed by atoms with E-state index in [1.807, 2.05) is 36.4 Å². The van der Waals surface area contributed by atoms with E-state index in [0.29, 0.717) is 5.92 Å². The minimum absolute atomic E-state index is 0.520. The normalized spacial score (nSPS) is 14.9. The number of para-hydroxylation sites is 1. The number of anilines is 1. The van der Waals surface area contributed by atoms with Gasteiger partial charge in [0.2, 0.25) is 0 Å². The largest absolute Gasteiger partial charge is 0.497 e. The number of likely N-dealkylation sites (tertiary alicyclic amines) is 1. The molecule has 1 saturated heterocycles. The van der Waals surface area contributed by atoms with Crippen molar-refractivity contribution >= 4 is 23.0 Å². The third-order valence-corrected chi connectivity index (χ3v) is 5.04. The Balaban J connectivity index is 1.59. The van der Waals surface area contributed by atoms with Gasteiger partial charge in [-0.15, -0.1) is 0 Å². The van der Waals surface area contributed by atoms with Gasteiger partial charge in [-0.05, 0) is 54.7 Å². The van der Waals surface area contributed by atoms with Gasteiger partial charge in [-0.3, -0.25) is 0 Å². The van der Waals surface area contributed by atoms with Gasteiger partial charge in [0.1, 0.15) is 11.5 Å². The van der Waals surface area contributed by atoms with Crippen LogP contribution in [0, 0.1) is 0 Å². The lowest BCUT2D eigenvalue weighted by Crippen LogP contribution is -2.40. The number of piperidine rings is 1. The first-order valence-electron chi connectivity index (χ1n) is 8.54. The molecule has 0 bridgehead atoms. The molecule has 1 N–H and O–H groups in total. The number of nitrogens with zero attached hydrogens (tertiary/aromatic N) is 1. The summed E-state index contributed by atoms with van der Waals surface area (Å²) in [6.07, 6.45) is 2.14. The average Bonchev–Trinajstić information content (AvgIpc) is 2.68. The Labute approximate surface area is 154 Å². The Morgan fingerprint density at radius 1 is 1.04 bits per heavy atom. The fraction of sp³-hybridized carbons (Fsp3) is 0.350. The van der Waals surface area contributed by atoms with Crippen molar-refractivity contribution in [2.45, 2.75) is 18.8 Å². The highest BCUT2D eigenvalue weighted by atomic mass is 32.1. The van der Waals surface area contributed by atoms with Gasteiger partial charge < -0.3 is 19.7 Å². The van der Waals surface area contributed by atoms with Gasteiger partial charge in [-0.2, -0.15) is 0 Å². The second kappa shape index (κ2) is 8.21. The van der Waals surface area contributed by atoms with Gasteiger partial charge in [0.05, 0.1) is 14.2 Å². The molecule has 1 fully saturated rings. The van der Waals surface area contributed by atoms with Crippen LogP contribution in [0.2, 0.25) is 0 Å². The standard InChI is InChI=1S/C20H24N2O2S/c1-23-17-7-5-6-16(14-17)21-20(25)22-12-10-15(11-13-22)18-8-3-4-9-19(18)24-2/h3-9,14-15H,10-13H2,1-2H3,(H,21,25). The van der Waals surface area contributed by atoms with Gasteiger partial charge >= 0.3 is 0 Å². The number of hydrogen-bond donors (Lipinski definition) is 1. The third kappa shape index (κ3) is 4.23. The molecule has 2 aromatic rings. The monoisotopic (exact) mass is 356 g/mol.